The third-order valence-corrected chi connectivity index (χ3v) is 7.01. The average Bonchev–Trinajstić information content (AvgIpc) is 2.87. The summed E-state index contributed by atoms with van der Waals surface area (Å²) in [5.74, 6) is -3.34. The number of allylic oxidation sites excluding steroid dienone is 3. The van der Waals surface area contributed by atoms with Gasteiger partial charge in [0, 0.05) is 33.8 Å². The van der Waals surface area contributed by atoms with Crippen LogP contribution in [0.2, 0.25) is 5.02 Å². The number of hydrogen-bond donors (Lipinski definition) is 1. The highest BCUT2D eigenvalue weighted by atomic mass is 35.5. The Balaban J connectivity index is 1.92. The molecule has 7 nitrogen and oxygen atoms in total. The van der Waals surface area contributed by atoms with Crippen LogP contribution in [-0.4, -0.2) is 38.0 Å². The molecule has 37 heavy (non-hydrogen) atoms. The first-order valence-electron chi connectivity index (χ1n) is 12.3. The first kappa shape index (κ1) is 26.5. The van der Waals surface area contributed by atoms with Crippen molar-refractivity contribution in [3.8, 4) is 5.75 Å². The molecular formula is C29H30ClNO6. The van der Waals surface area contributed by atoms with Gasteiger partial charge in [0.25, 0.3) is 0 Å². The lowest BCUT2D eigenvalue weighted by atomic mass is 9.67. The number of dihydropyridines is 1. The minimum absolute atomic E-state index is 0.135. The first-order chi connectivity index (χ1) is 17.8. The lowest BCUT2D eigenvalue weighted by Crippen LogP contribution is -2.43. The predicted octanol–water partition coefficient (Wildman–Crippen LogP) is 5.06. The molecule has 0 saturated carbocycles. The second kappa shape index (κ2) is 11.2. The standard InChI is InChI=1S/C29H30ClNO6/c1-5-36-28(33)23-16(3)31-21-15-20(19-12-7-8-13-22(19)35-4)25(29(34)37-6-2)27(32)26(21)24(23)17-10-9-11-18(30)14-17/h7-14,20,24-25,31H,5-6,15H2,1-4H3/t20-,24-,25-/m1/s1. The molecule has 1 N–H and O–H groups in total. The maximum atomic E-state index is 14.3. The van der Waals surface area contributed by atoms with E-state index >= 15 is 0 Å². The number of esters is 2. The fourth-order valence-corrected chi connectivity index (χ4v) is 5.50. The molecule has 0 fully saturated rings. The number of ketones is 1. The smallest absolute Gasteiger partial charge is 0.336 e. The van der Waals surface area contributed by atoms with Crippen LogP contribution in [0.5, 0.6) is 5.75 Å². The van der Waals surface area contributed by atoms with E-state index in [0.717, 1.165) is 5.56 Å². The predicted molar refractivity (Wildman–Crippen MR) is 139 cm³/mol. The summed E-state index contributed by atoms with van der Waals surface area (Å²) in [5, 5.41) is 3.76. The van der Waals surface area contributed by atoms with E-state index in [0.29, 0.717) is 45.3 Å². The van der Waals surface area contributed by atoms with Gasteiger partial charge in [-0.2, -0.15) is 0 Å². The topological polar surface area (TPSA) is 90.9 Å². The Hall–Kier alpha value is -3.58. The van der Waals surface area contributed by atoms with Crippen molar-refractivity contribution in [1.82, 2.24) is 5.32 Å². The molecule has 2 aromatic carbocycles. The number of halogens is 1. The molecule has 3 atom stereocenters. The molecule has 4 rings (SSSR count). The summed E-state index contributed by atoms with van der Waals surface area (Å²) in [7, 11) is 1.56. The second-order valence-electron chi connectivity index (χ2n) is 8.91. The summed E-state index contributed by atoms with van der Waals surface area (Å²) >= 11 is 6.32. The number of rotatable bonds is 7. The van der Waals surface area contributed by atoms with Gasteiger partial charge in [-0.05, 0) is 56.5 Å². The van der Waals surface area contributed by atoms with Crippen LogP contribution in [0.4, 0.5) is 0 Å². The van der Waals surface area contributed by atoms with Crippen LogP contribution in [0.1, 0.15) is 50.2 Å². The van der Waals surface area contributed by atoms with E-state index < -0.39 is 35.5 Å². The molecule has 0 bridgehead atoms. The third kappa shape index (κ3) is 5.01. The summed E-state index contributed by atoms with van der Waals surface area (Å²) in [6, 6.07) is 14.4. The fourth-order valence-electron chi connectivity index (χ4n) is 5.30. The zero-order valence-corrected chi connectivity index (χ0v) is 22.1. The van der Waals surface area contributed by atoms with Crippen LogP contribution < -0.4 is 10.1 Å². The zero-order chi connectivity index (χ0) is 26.7. The molecule has 8 heteroatoms. The number of para-hydroxylation sites is 1. The monoisotopic (exact) mass is 523 g/mol. The molecule has 2 aliphatic rings. The molecule has 1 aliphatic carbocycles. The van der Waals surface area contributed by atoms with Gasteiger partial charge in [0.2, 0.25) is 0 Å². The minimum atomic E-state index is -1.11. The van der Waals surface area contributed by atoms with Gasteiger partial charge in [0.1, 0.15) is 11.7 Å². The Morgan fingerprint density at radius 2 is 1.78 bits per heavy atom. The summed E-state index contributed by atoms with van der Waals surface area (Å²) in [6.07, 6.45) is 0.343. The number of carbonyl (C=O) groups is 3. The van der Waals surface area contributed by atoms with Crippen LogP contribution >= 0.6 is 11.6 Å². The SMILES string of the molecule is CCOC(=O)C1=C(C)NC2=C(C(=O)[C@H](C(=O)OCC)[C@@H](c3ccccc3OC)C2)[C@@H]1c1cccc(Cl)c1. The molecule has 0 saturated heterocycles. The Morgan fingerprint density at radius 1 is 1.05 bits per heavy atom. The molecular weight excluding hydrogens is 494 g/mol. The zero-order valence-electron chi connectivity index (χ0n) is 21.3. The van der Waals surface area contributed by atoms with E-state index in [2.05, 4.69) is 5.32 Å². The van der Waals surface area contributed by atoms with Gasteiger partial charge in [0.05, 0.1) is 25.9 Å². The molecule has 0 radical (unpaired) electrons. The van der Waals surface area contributed by atoms with Crippen molar-refractivity contribution in [2.45, 2.75) is 39.0 Å². The lowest BCUT2D eigenvalue weighted by Gasteiger charge is -2.39. The van der Waals surface area contributed by atoms with E-state index in [-0.39, 0.29) is 13.2 Å². The largest absolute Gasteiger partial charge is 0.496 e. The number of benzene rings is 2. The van der Waals surface area contributed by atoms with Crippen LogP contribution in [0.15, 0.2) is 71.1 Å². The quantitative estimate of drug-likeness (QED) is 0.400. The normalized spacial score (nSPS) is 21.2. The van der Waals surface area contributed by atoms with E-state index in [1.54, 1.807) is 52.1 Å². The van der Waals surface area contributed by atoms with Crippen molar-refractivity contribution in [2.75, 3.05) is 20.3 Å². The molecule has 0 amide bonds. The van der Waals surface area contributed by atoms with Crippen LogP contribution in [0.3, 0.4) is 0 Å². The van der Waals surface area contributed by atoms with E-state index in [1.165, 1.54) is 0 Å². The van der Waals surface area contributed by atoms with Gasteiger partial charge in [-0.25, -0.2) is 4.79 Å². The van der Waals surface area contributed by atoms with Crippen molar-refractivity contribution in [2.24, 2.45) is 5.92 Å². The summed E-state index contributed by atoms with van der Waals surface area (Å²) < 4.78 is 16.3. The molecule has 0 aromatic heterocycles. The number of carbonyl (C=O) groups excluding carboxylic acids is 3. The number of nitrogens with one attached hydrogen (secondary N) is 1. The van der Waals surface area contributed by atoms with E-state index in [1.807, 2.05) is 24.3 Å². The van der Waals surface area contributed by atoms with Gasteiger partial charge in [0.15, 0.2) is 5.78 Å². The highest BCUT2D eigenvalue weighted by Gasteiger charge is 2.49. The molecule has 0 spiro atoms. The van der Waals surface area contributed by atoms with Crippen molar-refractivity contribution in [3.63, 3.8) is 0 Å². The Labute approximate surface area is 221 Å². The molecule has 194 valence electrons. The fraction of sp³-hybridized carbons (Fsp3) is 0.345. The number of methoxy groups -OCH3 is 1. The van der Waals surface area contributed by atoms with Crippen LogP contribution in [0.25, 0.3) is 0 Å². The third-order valence-electron chi connectivity index (χ3n) is 6.78. The second-order valence-corrected chi connectivity index (χ2v) is 9.35. The van der Waals surface area contributed by atoms with Crippen LogP contribution in [-0.2, 0) is 23.9 Å². The van der Waals surface area contributed by atoms with Gasteiger partial charge in [-0.15, -0.1) is 0 Å². The number of Topliss-reactive ketones (excluding diaryl/α,β-unsaturated/α-hetero) is 1. The first-order valence-corrected chi connectivity index (χ1v) is 12.7. The van der Waals surface area contributed by atoms with Crippen LogP contribution in [0, 0.1) is 5.92 Å². The van der Waals surface area contributed by atoms with Crippen molar-refractivity contribution in [1.29, 1.82) is 0 Å². The minimum Gasteiger partial charge on any atom is -0.496 e. The van der Waals surface area contributed by atoms with Gasteiger partial charge in [-0.1, -0.05) is 41.9 Å². The van der Waals surface area contributed by atoms with Crippen molar-refractivity contribution in [3.05, 3.63) is 87.2 Å². The van der Waals surface area contributed by atoms with E-state index in [9.17, 15) is 14.4 Å². The summed E-state index contributed by atoms with van der Waals surface area (Å²) in [6.45, 7) is 5.53. The molecule has 0 unspecified atom stereocenters. The Bertz CT molecular complexity index is 1300. The summed E-state index contributed by atoms with van der Waals surface area (Å²) in [4.78, 5) is 40.8. The van der Waals surface area contributed by atoms with Crippen molar-refractivity contribution >= 4 is 29.3 Å². The average molecular weight is 524 g/mol. The number of ether oxygens (including phenoxy) is 3. The Kier molecular flexibility index (Phi) is 8.03. The maximum absolute atomic E-state index is 14.3. The molecule has 1 heterocycles. The summed E-state index contributed by atoms with van der Waals surface area (Å²) in [5.41, 5.74) is 3.30. The number of hydrogen-bond acceptors (Lipinski definition) is 7. The van der Waals surface area contributed by atoms with E-state index in [4.69, 9.17) is 25.8 Å². The van der Waals surface area contributed by atoms with Gasteiger partial charge in [-0.3, -0.25) is 9.59 Å². The van der Waals surface area contributed by atoms with Gasteiger partial charge >= 0.3 is 11.9 Å². The Morgan fingerprint density at radius 3 is 2.46 bits per heavy atom. The highest BCUT2D eigenvalue weighted by molar-refractivity contribution is 6.30. The van der Waals surface area contributed by atoms with Crippen molar-refractivity contribution < 1.29 is 28.6 Å². The lowest BCUT2D eigenvalue weighted by molar-refractivity contribution is -0.152. The molecule has 1 aliphatic heterocycles. The maximum Gasteiger partial charge on any atom is 0.336 e. The molecule has 2 aromatic rings. The van der Waals surface area contributed by atoms with Gasteiger partial charge < -0.3 is 19.5 Å². The highest BCUT2D eigenvalue weighted by Crippen LogP contribution is 2.49.